The molecule has 0 aliphatic heterocycles. The van der Waals surface area contributed by atoms with Crippen molar-refractivity contribution >= 4 is 11.3 Å². The quantitative estimate of drug-likeness (QED) is 0.888. The summed E-state index contributed by atoms with van der Waals surface area (Å²) in [5.74, 6) is 2.42. The first-order valence-corrected chi connectivity index (χ1v) is 8.00. The fourth-order valence-corrected chi connectivity index (χ4v) is 3.69. The maximum absolute atomic E-state index is 4.96. The second-order valence-corrected chi connectivity index (χ2v) is 8.17. The highest BCUT2D eigenvalue weighted by molar-refractivity contribution is 7.11. The van der Waals surface area contributed by atoms with E-state index >= 15 is 0 Å². The van der Waals surface area contributed by atoms with Gasteiger partial charge in [-0.2, -0.15) is 0 Å². The van der Waals surface area contributed by atoms with Crippen LogP contribution < -0.4 is 5.32 Å². The average Bonchev–Trinajstić information content (AvgIpc) is 3.17. The van der Waals surface area contributed by atoms with Crippen LogP contribution in [-0.4, -0.2) is 10.5 Å². The molecule has 0 spiro atoms. The van der Waals surface area contributed by atoms with E-state index in [1.54, 1.807) is 0 Å². The molecule has 2 aliphatic rings. The number of hydrogen-bond acceptors (Lipinski definition) is 3. The third-order valence-corrected chi connectivity index (χ3v) is 5.12. The van der Waals surface area contributed by atoms with Crippen LogP contribution >= 0.6 is 11.3 Å². The molecule has 2 fully saturated rings. The molecule has 3 rings (SSSR count). The highest BCUT2D eigenvalue weighted by Gasteiger charge is 2.39. The highest BCUT2D eigenvalue weighted by Crippen LogP contribution is 2.51. The number of rotatable bonds is 4. The van der Waals surface area contributed by atoms with Crippen molar-refractivity contribution in [1.29, 1.82) is 0 Å². The second kappa shape index (κ2) is 4.31. The van der Waals surface area contributed by atoms with Crippen molar-refractivity contribution in [3.8, 4) is 0 Å². The van der Waals surface area contributed by atoms with Crippen molar-refractivity contribution in [2.75, 3.05) is 0 Å². The fourth-order valence-electron chi connectivity index (χ4n) is 2.36. The summed E-state index contributed by atoms with van der Waals surface area (Å²) in [4.78, 5) is 6.47. The fraction of sp³-hybridized carbons (Fsp3) is 0.800. The molecule has 2 nitrogen and oxygen atoms in total. The number of aromatic nitrogens is 1. The minimum absolute atomic E-state index is 0.192. The maximum Gasteiger partial charge on any atom is 0.0965 e. The van der Waals surface area contributed by atoms with Gasteiger partial charge in [0.25, 0.3) is 0 Å². The molecule has 2 atom stereocenters. The first-order valence-electron chi connectivity index (χ1n) is 7.18. The van der Waals surface area contributed by atoms with Crippen LogP contribution in [0.3, 0.4) is 0 Å². The van der Waals surface area contributed by atoms with E-state index < -0.39 is 0 Å². The molecular weight excluding hydrogens is 240 g/mol. The Morgan fingerprint density at radius 3 is 2.50 bits per heavy atom. The van der Waals surface area contributed by atoms with Crippen LogP contribution in [0.2, 0.25) is 0 Å². The van der Waals surface area contributed by atoms with Gasteiger partial charge in [0.1, 0.15) is 0 Å². The number of nitrogens with one attached hydrogen (secondary N) is 1. The first kappa shape index (κ1) is 12.6. The number of hydrogen-bond donors (Lipinski definition) is 1. The Labute approximate surface area is 114 Å². The lowest BCUT2D eigenvalue weighted by Gasteiger charge is -2.20. The predicted octanol–water partition coefficient (Wildman–Crippen LogP) is 4.03. The monoisotopic (exact) mass is 264 g/mol. The normalized spacial score (nSPS) is 27.6. The van der Waals surface area contributed by atoms with Crippen LogP contribution in [0, 0.1) is 5.92 Å². The molecule has 0 amide bonds. The van der Waals surface area contributed by atoms with E-state index in [9.17, 15) is 0 Å². The molecule has 0 aromatic carbocycles. The molecule has 2 saturated carbocycles. The molecule has 2 aliphatic carbocycles. The lowest BCUT2D eigenvalue weighted by molar-refractivity contribution is 0.425. The Hall–Kier alpha value is -0.410. The molecule has 3 heteroatoms. The van der Waals surface area contributed by atoms with Crippen LogP contribution in [-0.2, 0) is 6.54 Å². The Balaban J connectivity index is 1.76. The van der Waals surface area contributed by atoms with E-state index in [2.05, 4.69) is 33.0 Å². The zero-order chi connectivity index (χ0) is 12.9. The number of thiazole rings is 1. The van der Waals surface area contributed by atoms with E-state index in [1.165, 1.54) is 34.8 Å². The SMILES string of the molecule is CC1CC1c1nc(C2CC2)c(CNC(C)(C)C)s1. The molecule has 100 valence electrons. The summed E-state index contributed by atoms with van der Waals surface area (Å²) in [7, 11) is 0. The van der Waals surface area contributed by atoms with Crippen molar-refractivity contribution in [2.45, 2.75) is 70.9 Å². The van der Waals surface area contributed by atoms with Crippen molar-refractivity contribution in [2.24, 2.45) is 5.92 Å². The zero-order valence-electron chi connectivity index (χ0n) is 11.9. The Morgan fingerprint density at radius 1 is 1.33 bits per heavy atom. The molecule has 0 bridgehead atoms. The van der Waals surface area contributed by atoms with Crippen molar-refractivity contribution in [3.05, 3.63) is 15.6 Å². The molecule has 1 aromatic rings. The smallest absolute Gasteiger partial charge is 0.0965 e. The van der Waals surface area contributed by atoms with Crippen LogP contribution in [0.4, 0.5) is 0 Å². The van der Waals surface area contributed by atoms with Gasteiger partial charge in [-0.05, 0) is 46.0 Å². The predicted molar refractivity (Wildman–Crippen MR) is 77.2 cm³/mol. The van der Waals surface area contributed by atoms with E-state index in [-0.39, 0.29) is 5.54 Å². The summed E-state index contributed by atoms with van der Waals surface area (Å²) < 4.78 is 0. The standard InChI is InChI=1S/C15H24N2S/c1-9-7-11(9)14-17-13(10-5-6-10)12(18-14)8-16-15(2,3)4/h9-11,16H,5-8H2,1-4H3. The number of nitrogens with zero attached hydrogens (tertiary/aromatic N) is 1. The lowest BCUT2D eigenvalue weighted by atomic mass is 10.1. The summed E-state index contributed by atoms with van der Waals surface area (Å²) in [6.45, 7) is 10.0. The largest absolute Gasteiger partial charge is 0.307 e. The molecule has 1 N–H and O–H groups in total. The zero-order valence-corrected chi connectivity index (χ0v) is 12.7. The van der Waals surface area contributed by atoms with Gasteiger partial charge in [-0.1, -0.05) is 6.92 Å². The maximum atomic E-state index is 4.96. The van der Waals surface area contributed by atoms with Gasteiger partial charge in [0.2, 0.25) is 0 Å². The molecule has 2 unspecified atom stereocenters. The summed E-state index contributed by atoms with van der Waals surface area (Å²) in [5.41, 5.74) is 1.61. The van der Waals surface area contributed by atoms with Gasteiger partial charge < -0.3 is 5.32 Å². The molecular formula is C15H24N2S. The topological polar surface area (TPSA) is 24.9 Å². The average molecular weight is 264 g/mol. The van der Waals surface area contributed by atoms with Crippen LogP contribution in [0.1, 0.15) is 74.4 Å². The van der Waals surface area contributed by atoms with E-state index in [0.717, 1.165) is 24.3 Å². The van der Waals surface area contributed by atoms with Crippen molar-refractivity contribution < 1.29 is 0 Å². The lowest BCUT2D eigenvalue weighted by Crippen LogP contribution is -2.35. The molecule has 1 aromatic heterocycles. The van der Waals surface area contributed by atoms with E-state index in [0.29, 0.717) is 0 Å². The summed E-state index contributed by atoms with van der Waals surface area (Å²) >= 11 is 1.97. The molecule has 0 radical (unpaired) electrons. The van der Waals surface area contributed by atoms with Gasteiger partial charge in [-0.25, -0.2) is 4.98 Å². The third-order valence-electron chi connectivity index (χ3n) is 3.91. The highest BCUT2D eigenvalue weighted by atomic mass is 32.1. The van der Waals surface area contributed by atoms with E-state index in [1.807, 2.05) is 11.3 Å². The van der Waals surface area contributed by atoms with Crippen molar-refractivity contribution in [1.82, 2.24) is 10.3 Å². The van der Waals surface area contributed by atoms with Gasteiger partial charge in [0.05, 0.1) is 10.7 Å². The van der Waals surface area contributed by atoms with Gasteiger partial charge >= 0.3 is 0 Å². The van der Waals surface area contributed by atoms with Gasteiger partial charge in [0.15, 0.2) is 0 Å². The van der Waals surface area contributed by atoms with E-state index in [4.69, 9.17) is 4.98 Å². The van der Waals surface area contributed by atoms with Crippen molar-refractivity contribution in [3.63, 3.8) is 0 Å². The Morgan fingerprint density at radius 2 is 2.00 bits per heavy atom. The molecule has 18 heavy (non-hydrogen) atoms. The molecule has 1 heterocycles. The minimum atomic E-state index is 0.192. The Kier molecular flexibility index (Phi) is 3.02. The van der Waals surface area contributed by atoms with Gasteiger partial charge in [0, 0.05) is 28.8 Å². The first-order chi connectivity index (χ1) is 8.44. The Bertz CT molecular complexity index is 440. The minimum Gasteiger partial charge on any atom is -0.307 e. The second-order valence-electron chi connectivity index (χ2n) is 7.06. The van der Waals surface area contributed by atoms with Crippen LogP contribution in [0.15, 0.2) is 0 Å². The van der Waals surface area contributed by atoms with Gasteiger partial charge in [-0.3, -0.25) is 0 Å². The van der Waals surface area contributed by atoms with Crippen LogP contribution in [0.25, 0.3) is 0 Å². The molecule has 0 saturated heterocycles. The third kappa shape index (κ3) is 2.77. The van der Waals surface area contributed by atoms with Gasteiger partial charge in [-0.15, -0.1) is 11.3 Å². The van der Waals surface area contributed by atoms with Crippen LogP contribution in [0.5, 0.6) is 0 Å². The summed E-state index contributed by atoms with van der Waals surface area (Å²) in [5, 5.41) is 5.03. The summed E-state index contributed by atoms with van der Waals surface area (Å²) in [6.07, 6.45) is 4.06. The summed E-state index contributed by atoms with van der Waals surface area (Å²) in [6, 6.07) is 0.